The molecule has 0 bridgehead atoms. The van der Waals surface area contributed by atoms with Crippen molar-refractivity contribution in [1.29, 1.82) is 0 Å². The SMILES string of the molecule is COc1ccc(NC(C)=S)c(C)c1C. The van der Waals surface area contributed by atoms with Crippen LogP contribution in [0.15, 0.2) is 12.1 Å². The highest BCUT2D eigenvalue weighted by Gasteiger charge is 2.05. The van der Waals surface area contributed by atoms with Crippen LogP contribution in [0.4, 0.5) is 5.69 Å². The fraction of sp³-hybridized carbons (Fsp3) is 0.364. The van der Waals surface area contributed by atoms with E-state index in [9.17, 15) is 0 Å². The molecule has 14 heavy (non-hydrogen) atoms. The van der Waals surface area contributed by atoms with E-state index in [1.54, 1.807) is 7.11 Å². The molecule has 0 aliphatic heterocycles. The number of rotatable bonds is 2. The zero-order chi connectivity index (χ0) is 10.7. The summed E-state index contributed by atoms with van der Waals surface area (Å²) in [5.41, 5.74) is 3.37. The molecular formula is C11H15NOS. The summed E-state index contributed by atoms with van der Waals surface area (Å²) >= 11 is 5.00. The van der Waals surface area contributed by atoms with E-state index in [4.69, 9.17) is 17.0 Å². The van der Waals surface area contributed by atoms with Crippen molar-refractivity contribution in [3.05, 3.63) is 23.3 Å². The first-order valence-corrected chi connectivity index (χ1v) is 4.89. The first kappa shape index (κ1) is 11.0. The van der Waals surface area contributed by atoms with E-state index in [-0.39, 0.29) is 0 Å². The van der Waals surface area contributed by atoms with E-state index in [0.29, 0.717) is 0 Å². The summed E-state index contributed by atoms with van der Waals surface area (Å²) < 4.78 is 5.23. The predicted molar refractivity (Wildman–Crippen MR) is 64.4 cm³/mol. The monoisotopic (exact) mass is 209 g/mol. The summed E-state index contributed by atoms with van der Waals surface area (Å²) in [6, 6.07) is 3.93. The Bertz CT molecular complexity index is 361. The van der Waals surface area contributed by atoms with E-state index >= 15 is 0 Å². The van der Waals surface area contributed by atoms with Gasteiger partial charge in [-0.15, -0.1) is 0 Å². The number of hydrogen-bond donors (Lipinski definition) is 1. The maximum atomic E-state index is 5.23. The van der Waals surface area contributed by atoms with Crippen molar-refractivity contribution in [2.75, 3.05) is 12.4 Å². The molecule has 0 aliphatic carbocycles. The van der Waals surface area contributed by atoms with Gasteiger partial charge in [-0.3, -0.25) is 0 Å². The van der Waals surface area contributed by atoms with Gasteiger partial charge in [-0.1, -0.05) is 12.2 Å². The highest BCUT2D eigenvalue weighted by molar-refractivity contribution is 7.80. The molecule has 0 atom stereocenters. The van der Waals surface area contributed by atoms with Gasteiger partial charge in [0.15, 0.2) is 0 Å². The van der Waals surface area contributed by atoms with Crippen LogP contribution >= 0.6 is 12.2 Å². The predicted octanol–water partition coefficient (Wildman–Crippen LogP) is 3.07. The molecule has 0 aromatic heterocycles. The Labute approximate surface area is 90.3 Å². The molecule has 0 radical (unpaired) electrons. The van der Waals surface area contributed by atoms with E-state index < -0.39 is 0 Å². The van der Waals surface area contributed by atoms with Crippen LogP contribution in [0.2, 0.25) is 0 Å². The standard InChI is InChI=1S/C11H15NOS/c1-7-8(2)11(13-4)6-5-10(7)12-9(3)14/h5-6H,1-4H3,(H,12,14). The van der Waals surface area contributed by atoms with E-state index in [1.165, 1.54) is 5.56 Å². The summed E-state index contributed by atoms with van der Waals surface area (Å²) in [4.78, 5) is 0.776. The van der Waals surface area contributed by atoms with Gasteiger partial charge in [0.05, 0.1) is 12.1 Å². The van der Waals surface area contributed by atoms with Gasteiger partial charge in [-0.25, -0.2) is 0 Å². The number of ether oxygens (including phenoxy) is 1. The van der Waals surface area contributed by atoms with Gasteiger partial charge in [0.2, 0.25) is 0 Å². The Morgan fingerprint density at radius 2 is 1.93 bits per heavy atom. The average molecular weight is 209 g/mol. The highest BCUT2D eigenvalue weighted by Crippen LogP contribution is 2.27. The lowest BCUT2D eigenvalue weighted by atomic mass is 10.1. The summed E-state index contributed by atoms with van der Waals surface area (Å²) in [6.45, 7) is 5.96. The second-order valence-electron chi connectivity index (χ2n) is 3.25. The number of thiocarbonyl (C=S) groups is 1. The van der Waals surface area contributed by atoms with Crippen molar-refractivity contribution >= 4 is 22.9 Å². The summed E-state index contributed by atoms with van der Waals surface area (Å²) in [6.07, 6.45) is 0. The lowest BCUT2D eigenvalue weighted by Gasteiger charge is -2.13. The fourth-order valence-corrected chi connectivity index (χ4v) is 1.45. The minimum atomic E-state index is 0.776. The number of anilines is 1. The fourth-order valence-electron chi connectivity index (χ4n) is 1.34. The van der Waals surface area contributed by atoms with Gasteiger partial charge in [-0.2, -0.15) is 0 Å². The molecule has 76 valence electrons. The van der Waals surface area contributed by atoms with Gasteiger partial charge in [0, 0.05) is 5.69 Å². The lowest BCUT2D eigenvalue weighted by molar-refractivity contribution is 0.411. The van der Waals surface area contributed by atoms with Gasteiger partial charge in [-0.05, 0) is 44.0 Å². The molecule has 0 fully saturated rings. The van der Waals surface area contributed by atoms with Crippen molar-refractivity contribution in [1.82, 2.24) is 0 Å². The van der Waals surface area contributed by atoms with Crippen LogP contribution in [0.5, 0.6) is 5.75 Å². The molecule has 0 saturated carbocycles. The minimum Gasteiger partial charge on any atom is -0.496 e. The van der Waals surface area contributed by atoms with Crippen molar-refractivity contribution in [2.24, 2.45) is 0 Å². The Morgan fingerprint density at radius 3 is 2.43 bits per heavy atom. The van der Waals surface area contributed by atoms with Crippen LogP contribution in [0.1, 0.15) is 18.1 Å². The lowest BCUT2D eigenvalue weighted by Crippen LogP contribution is -2.06. The van der Waals surface area contributed by atoms with Gasteiger partial charge in [0.25, 0.3) is 0 Å². The maximum Gasteiger partial charge on any atom is 0.122 e. The summed E-state index contributed by atoms with van der Waals surface area (Å²) in [5.74, 6) is 0.912. The third-order valence-electron chi connectivity index (χ3n) is 2.27. The van der Waals surface area contributed by atoms with Gasteiger partial charge in [0.1, 0.15) is 5.75 Å². The Hall–Kier alpha value is -1.09. The third kappa shape index (κ3) is 2.23. The molecule has 0 amide bonds. The van der Waals surface area contributed by atoms with Gasteiger partial charge >= 0.3 is 0 Å². The molecule has 0 unspecified atom stereocenters. The number of hydrogen-bond acceptors (Lipinski definition) is 2. The van der Waals surface area contributed by atoms with E-state index in [1.807, 2.05) is 26.0 Å². The number of nitrogens with one attached hydrogen (secondary N) is 1. The van der Waals surface area contributed by atoms with Crippen molar-refractivity contribution in [3.8, 4) is 5.75 Å². The van der Waals surface area contributed by atoms with Crippen LogP contribution < -0.4 is 10.1 Å². The second kappa shape index (κ2) is 4.42. The van der Waals surface area contributed by atoms with Crippen LogP contribution in [0, 0.1) is 13.8 Å². The molecule has 1 aromatic rings. The van der Waals surface area contributed by atoms with Crippen molar-refractivity contribution in [2.45, 2.75) is 20.8 Å². The second-order valence-corrected chi connectivity index (χ2v) is 3.86. The molecule has 1 rings (SSSR count). The van der Waals surface area contributed by atoms with Crippen molar-refractivity contribution < 1.29 is 4.74 Å². The molecule has 0 spiro atoms. The molecule has 0 aliphatic rings. The highest BCUT2D eigenvalue weighted by atomic mass is 32.1. The third-order valence-corrected chi connectivity index (χ3v) is 2.37. The van der Waals surface area contributed by atoms with E-state index in [0.717, 1.165) is 22.0 Å². The van der Waals surface area contributed by atoms with Crippen molar-refractivity contribution in [3.63, 3.8) is 0 Å². The largest absolute Gasteiger partial charge is 0.496 e. The van der Waals surface area contributed by atoms with E-state index in [2.05, 4.69) is 12.2 Å². The van der Waals surface area contributed by atoms with Crippen LogP contribution in [0.3, 0.4) is 0 Å². The number of benzene rings is 1. The van der Waals surface area contributed by atoms with Gasteiger partial charge < -0.3 is 10.1 Å². The average Bonchev–Trinajstić information content (AvgIpc) is 2.13. The number of methoxy groups -OCH3 is 1. The van der Waals surface area contributed by atoms with Crippen LogP contribution in [-0.4, -0.2) is 12.1 Å². The topological polar surface area (TPSA) is 21.3 Å². The maximum absolute atomic E-state index is 5.23. The smallest absolute Gasteiger partial charge is 0.122 e. The molecule has 1 aromatic carbocycles. The molecular weight excluding hydrogens is 194 g/mol. The molecule has 1 N–H and O–H groups in total. The Balaban J connectivity index is 3.10. The zero-order valence-corrected chi connectivity index (χ0v) is 9.79. The molecule has 3 heteroatoms. The molecule has 0 heterocycles. The first-order valence-electron chi connectivity index (χ1n) is 4.48. The quantitative estimate of drug-likeness (QED) is 0.756. The molecule has 2 nitrogen and oxygen atoms in total. The minimum absolute atomic E-state index is 0.776. The normalized spacial score (nSPS) is 9.71. The zero-order valence-electron chi connectivity index (χ0n) is 8.97. The Morgan fingerprint density at radius 1 is 1.29 bits per heavy atom. The molecule has 0 saturated heterocycles. The Kier molecular flexibility index (Phi) is 3.47. The summed E-state index contributed by atoms with van der Waals surface area (Å²) in [5, 5.41) is 3.14. The van der Waals surface area contributed by atoms with Crippen LogP contribution in [-0.2, 0) is 0 Å². The first-order chi connectivity index (χ1) is 6.56. The summed E-state index contributed by atoms with van der Waals surface area (Å²) in [7, 11) is 1.68. The van der Waals surface area contributed by atoms with Crippen LogP contribution in [0.25, 0.3) is 0 Å².